The number of nitro groups is 1. The van der Waals surface area contributed by atoms with Gasteiger partial charge in [0.05, 0.1) is 15.4 Å². The van der Waals surface area contributed by atoms with Gasteiger partial charge in [-0.15, -0.1) is 11.8 Å². The van der Waals surface area contributed by atoms with Gasteiger partial charge in [-0.2, -0.15) is 0 Å². The van der Waals surface area contributed by atoms with Crippen LogP contribution >= 0.6 is 11.8 Å². The zero-order valence-corrected chi connectivity index (χ0v) is 14.1. The highest BCUT2D eigenvalue weighted by Crippen LogP contribution is 2.28. The topological polar surface area (TPSA) is 128 Å². The number of hydrogen-bond acceptors (Lipinski definition) is 7. The summed E-state index contributed by atoms with van der Waals surface area (Å²) in [7, 11) is 0. The van der Waals surface area contributed by atoms with Crippen molar-refractivity contribution in [2.24, 2.45) is 0 Å². The van der Waals surface area contributed by atoms with Crippen LogP contribution in [0.4, 0.5) is 10.5 Å². The lowest BCUT2D eigenvalue weighted by molar-refractivity contribution is -0.387. The van der Waals surface area contributed by atoms with Gasteiger partial charge in [0.2, 0.25) is 0 Å². The van der Waals surface area contributed by atoms with Crippen molar-refractivity contribution >= 4 is 35.4 Å². The molecule has 24 heavy (non-hydrogen) atoms. The lowest BCUT2D eigenvalue weighted by atomic mass is 10.2. The van der Waals surface area contributed by atoms with Crippen molar-refractivity contribution in [1.82, 2.24) is 10.6 Å². The number of imide groups is 1. The Morgan fingerprint density at radius 3 is 2.58 bits per heavy atom. The van der Waals surface area contributed by atoms with E-state index in [9.17, 15) is 24.5 Å². The smallest absolute Gasteiger partial charge is 0.339 e. The molecule has 2 N–H and O–H groups in total. The predicted molar refractivity (Wildman–Crippen MR) is 87.0 cm³/mol. The SMILES string of the molecule is CCNC(=O)NC(=O)[C@@H](C)OC(=O)c1ccc(SC)c([N+](=O)[O-])c1. The molecule has 10 heteroatoms. The maximum Gasteiger partial charge on any atom is 0.339 e. The maximum absolute atomic E-state index is 12.0. The number of nitrogens with zero attached hydrogens (tertiary/aromatic N) is 1. The van der Waals surface area contributed by atoms with Crippen molar-refractivity contribution in [2.45, 2.75) is 24.8 Å². The van der Waals surface area contributed by atoms with Crippen molar-refractivity contribution in [2.75, 3.05) is 12.8 Å². The summed E-state index contributed by atoms with van der Waals surface area (Å²) in [4.78, 5) is 45.8. The highest BCUT2D eigenvalue weighted by molar-refractivity contribution is 7.98. The fourth-order valence-corrected chi connectivity index (χ4v) is 2.21. The molecule has 0 saturated carbocycles. The predicted octanol–water partition coefficient (Wildman–Crippen LogP) is 1.71. The van der Waals surface area contributed by atoms with Gasteiger partial charge in [-0.25, -0.2) is 9.59 Å². The molecule has 0 heterocycles. The van der Waals surface area contributed by atoms with E-state index in [1.54, 1.807) is 13.2 Å². The number of amides is 3. The van der Waals surface area contributed by atoms with E-state index in [0.29, 0.717) is 11.4 Å². The molecule has 0 aliphatic carbocycles. The third kappa shape index (κ3) is 5.23. The zero-order valence-electron chi connectivity index (χ0n) is 13.3. The third-order valence-corrected chi connectivity index (χ3v) is 3.62. The average molecular weight is 355 g/mol. The number of hydrogen-bond donors (Lipinski definition) is 2. The number of ether oxygens (including phenoxy) is 1. The second-order valence-electron chi connectivity index (χ2n) is 4.54. The molecule has 0 fully saturated rings. The van der Waals surface area contributed by atoms with Crippen LogP contribution in [0.25, 0.3) is 0 Å². The number of nitrogens with one attached hydrogen (secondary N) is 2. The standard InChI is InChI=1S/C14H17N3O6S/c1-4-15-14(20)16-12(18)8(2)23-13(19)9-5-6-11(24-3)10(7-9)17(21)22/h5-8H,4H2,1-3H3,(H2,15,16,18,20)/t8-/m1/s1. The van der Waals surface area contributed by atoms with E-state index >= 15 is 0 Å². The number of thioether (sulfide) groups is 1. The minimum Gasteiger partial charge on any atom is -0.449 e. The van der Waals surface area contributed by atoms with Crippen LogP contribution in [-0.2, 0) is 9.53 Å². The van der Waals surface area contributed by atoms with Crippen LogP contribution < -0.4 is 10.6 Å². The zero-order chi connectivity index (χ0) is 18.3. The second kappa shape index (κ2) is 8.87. The molecular weight excluding hydrogens is 338 g/mol. The number of rotatable bonds is 6. The van der Waals surface area contributed by atoms with Crippen LogP contribution in [0.3, 0.4) is 0 Å². The molecule has 0 saturated heterocycles. The molecule has 0 radical (unpaired) electrons. The van der Waals surface area contributed by atoms with Gasteiger partial charge < -0.3 is 10.1 Å². The molecule has 0 unspecified atom stereocenters. The summed E-state index contributed by atoms with van der Waals surface area (Å²) in [5.41, 5.74) is -0.284. The van der Waals surface area contributed by atoms with E-state index in [1.807, 2.05) is 5.32 Å². The fraction of sp³-hybridized carbons (Fsp3) is 0.357. The largest absolute Gasteiger partial charge is 0.449 e. The minimum absolute atomic E-state index is 0.0582. The molecule has 0 aliphatic rings. The Bertz CT molecular complexity index is 664. The van der Waals surface area contributed by atoms with Gasteiger partial charge >= 0.3 is 12.0 Å². The van der Waals surface area contributed by atoms with Crippen molar-refractivity contribution in [3.8, 4) is 0 Å². The summed E-state index contributed by atoms with van der Waals surface area (Å²) in [6.45, 7) is 3.30. The summed E-state index contributed by atoms with van der Waals surface area (Å²) in [6.07, 6.45) is 0.438. The van der Waals surface area contributed by atoms with Crippen LogP contribution in [0.1, 0.15) is 24.2 Å². The first kappa shape index (κ1) is 19.4. The second-order valence-corrected chi connectivity index (χ2v) is 5.39. The van der Waals surface area contributed by atoms with Crippen LogP contribution in [0.15, 0.2) is 23.1 Å². The highest BCUT2D eigenvalue weighted by atomic mass is 32.2. The Balaban J connectivity index is 2.80. The molecule has 1 rings (SSSR count). The Hall–Kier alpha value is -2.62. The highest BCUT2D eigenvalue weighted by Gasteiger charge is 2.23. The molecule has 0 spiro atoms. The van der Waals surface area contributed by atoms with E-state index in [0.717, 1.165) is 6.07 Å². The van der Waals surface area contributed by atoms with Gasteiger partial charge in [0.25, 0.3) is 11.6 Å². The Morgan fingerprint density at radius 1 is 1.38 bits per heavy atom. The quantitative estimate of drug-likeness (QED) is 0.344. The number of carbonyl (C=O) groups excluding carboxylic acids is 3. The van der Waals surface area contributed by atoms with E-state index < -0.39 is 28.9 Å². The molecule has 1 aromatic rings. The van der Waals surface area contributed by atoms with Crippen molar-refractivity contribution in [1.29, 1.82) is 0 Å². The molecule has 0 bridgehead atoms. The Labute approximate surface area is 142 Å². The van der Waals surface area contributed by atoms with Gasteiger partial charge in [-0.05, 0) is 32.2 Å². The molecular formula is C14H17N3O6S. The van der Waals surface area contributed by atoms with E-state index in [4.69, 9.17) is 4.74 Å². The first-order valence-corrected chi connectivity index (χ1v) is 8.14. The number of nitro benzene ring substituents is 1. The van der Waals surface area contributed by atoms with Gasteiger partial charge in [0.15, 0.2) is 6.10 Å². The molecule has 9 nitrogen and oxygen atoms in total. The summed E-state index contributed by atoms with van der Waals surface area (Å²) in [6, 6.07) is 3.18. The monoisotopic (exact) mass is 355 g/mol. The van der Waals surface area contributed by atoms with Gasteiger partial charge in [-0.1, -0.05) is 0 Å². The van der Waals surface area contributed by atoms with Crippen molar-refractivity contribution in [3.05, 3.63) is 33.9 Å². The summed E-state index contributed by atoms with van der Waals surface area (Å²) in [5.74, 6) is -1.70. The summed E-state index contributed by atoms with van der Waals surface area (Å²) >= 11 is 1.17. The molecule has 1 atom stereocenters. The molecule has 130 valence electrons. The van der Waals surface area contributed by atoms with Gasteiger partial charge in [0.1, 0.15) is 0 Å². The Kier molecular flexibility index (Phi) is 7.18. The first-order valence-electron chi connectivity index (χ1n) is 6.92. The van der Waals surface area contributed by atoms with Gasteiger partial charge in [-0.3, -0.25) is 20.2 Å². The average Bonchev–Trinajstić information content (AvgIpc) is 2.53. The van der Waals surface area contributed by atoms with E-state index in [2.05, 4.69) is 5.32 Å². The van der Waals surface area contributed by atoms with E-state index in [1.165, 1.54) is 30.8 Å². The van der Waals surface area contributed by atoms with E-state index in [-0.39, 0.29) is 11.3 Å². The number of urea groups is 1. The van der Waals surface area contributed by atoms with Crippen LogP contribution in [0.2, 0.25) is 0 Å². The number of esters is 1. The first-order chi connectivity index (χ1) is 11.3. The molecule has 0 aliphatic heterocycles. The van der Waals surface area contributed by atoms with Crippen LogP contribution in [-0.4, -0.2) is 41.7 Å². The summed E-state index contributed by atoms with van der Waals surface area (Å²) in [5, 5.41) is 15.4. The van der Waals surface area contributed by atoms with Crippen molar-refractivity contribution in [3.63, 3.8) is 0 Å². The lowest BCUT2D eigenvalue weighted by Gasteiger charge is -2.13. The number of benzene rings is 1. The van der Waals surface area contributed by atoms with Gasteiger partial charge in [0, 0.05) is 12.6 Å². The van der Waals surface area contributed by atoms with Crippen molar-refractivity contribution < 1.29 is 24.0 Å². The molecule has 3 amide bonds. The fourth-order valence-electron chi connectivity index (χ4n) is 1.66. The van der Waals surface area contributed by atoms with Crippen LogP contribution in [0, 0.1) is 10.1 Å². The normalized spacial score (nSPS) is 11.3. The molecule has 1 aromatic carbocycles. The van der Waals surface area contributed by atoms with Crippen LogP contribution in [0.5, 0.6) is 0 Å². The maximum atomic E-state index is 12.0. The number of carbonyl (C=O) groups is 3. The summed E-state index contributed by atoms with van der Waals surface area (Å²) < 4.78 is 4.93. The Morgan fingerprint density at radius 2 is 2.04 bits per heavy atom. The minimum atomic E-state index is -1.24. The lowest BCUT2D eigenvalue weighted by Crippen LogP contribution is -2.44. The molecule has 0 aromatic heterocycles. The third-order valence-electron chi connectivity index (χ3n) is 2.84.